The molecule has 10 N–H and O–H groups in total. The maximum atomic E-state index is 13.4. The Hall–Kier alpha value is -4.46. The Balaban J connectivity index is 2.30. The number of benzene rings is 1. The standard InChI is InChI=1S/C26H36N6O8/c1-13(2)9-16(27)23(36)31-19(10-14-12-29-17-6-4-3-5-15(14)17)24(37)32-20(11-22(34)35)25(38)30-18(26(39)40)7-8-21(28)33/h3-6,12-13,16,18-20,29H,7-11,27H2,1-2H3,(H2,28,33)(H,30,38)(H,31,36)(H,32,37)(H,34,35)(H,39,40). The van der Waals surface area contributed by atoms with Gasteiger partial charge in [-0.1, -0.05) is 32.0 Å². The van der Waals surface area contributed by atoms with Crippen LogP contribution in [0.15, 0.2) is 30.5 Å². The van der Waals surface area contributed by atoms with E-state index in [1.165, 1.54) is 0 Å². The van der Waals surface area contributed by atoms with Crippen LogP contribution in [0.25, 0.3) is 10.9 Å². The molecule has 0 aliphatic carbocycles. The number of nitrogens with one attached hydrogen (secondary N) is 4. The Labute approximate surface area is 230 Å². The fourth-order valence-corrected chi connectivity index (χ4v) is 4.10. The predicted octanol–water partition coefficient (Wildman–Crippen LogP) is -0.637. The van der Waals surface area contributed by atoms with Gasteiger partial charge in [0.2, 0.25) is 23.6 Å². The van der Waals surface area contributed by atoms with E-state index in [9.17, 15) is 39.0 Å². The number of amides is 4. The second-order valence-corrected chi connectivity index (χ2v) is 9.92. The zero-order valence-electron chi connectivity index (χ0n) is 22.3. The third-order valence-corrected chi connectivity index (χ3v) is 6.10. The van der Waals surface area contributed by atoms with Crippen LogP contribution in [0.5, 0.6) is 0 Å². The molecular formula is C26H36N6O8. The monoisotopic (exact) mass is 560 g/mol. The van der Waals surface area contributed by atoms with Gasteiger partial charge in [0.25, 0.3) is 0 Å². The maximum absolute atomic E-state index is 13.4. The van der Waals surface area contributed by atoms with Gasteiger partial charge in [-0.2, -0.15) is 0 Å². The topological polar surface area (TPSA) is 247 Å². The molecule has 2 rings (SSSR count). The number of carboxylic acid groups (broad SMARTS) is 2. The summed E-state index contributed by atoms with van der Waals surface area (Å²) >= 11 is 0. The molecular weight excluding hydrogens is 524 g/mol. The fraction of sp³-hybridized carbons (Fsp3) is 0.462. The van der Waals surface area contributed by atoms with Crippen molar-refractivity contribution in [2.24, 2.45) is 17.4 Å². The Kier molecular flexibility index (Phi) is 11.6. The molecule has 0 aliphatic heterocycles. The summed E-state index contributed by atoms with van der Waals surface area (Å²) in [6.45, 7) is 3.76. The summed E-state index contributed by atoms with van der Waals surface area (Å²) in [5.74, 6) is -6.18. The van der Waals surface area contributed by atoms with Gasteiger partial charge in [-0.25, -0.2) is 4.79 Å². The first-order valence-corrected chi connectivity index (χ1v) is 12.7. The van der Waals surface area contributed by atoms with Gasteiger partial charge in [0.1, 0.15) is 18.1 Å². The molecule has 4 unspecified atom stereocenters. The van der Waals surface area contributed by atoms with Gasteiger partial charge in [-0.15, -0.1) is 0 Å². The van der Waals surface area contributed by atoms with Crippen molar-refractivity contribution < 1.29 is 39.0 Å². The Morgan fingerprint density at radius 2 is 1.50 bits per heavy atom. The fourth-order valence-electron chi connectivity index (χ4n) is 4.10. The number of carbonyl (C=O) groups excluding carboxylic acids is 4. The smallest absolute Gasteiger partial charge is 0.326 e. The molecule has 218 valence electrons. The highest BCUT2D eigenvalue weighted by molar-refractivity contribution is 5.96. The summed E-state index contributed by atoms with van der Waals surface area (Å²) in [4.78, 5) is 76.2. The lowest BCUT2D eigenvalue weighted by Gasteiger charge is -2.25. The zero-order valence-corrected chi connectivity index (χ0v) is 22.3. The van der Waals surface area contributed by atoms with E-state index in [1.807, 2.05) is 32.0 Å². The van der Waals surface area contributed by atoms with E-state index in [-0.39, 0.29) is 25.2 Å². The lowest BCUT2D eigenvalue weighted by molar-refractivity contribution is -0.143. The van der Waals surface area contributed by atoms with Gasteiger partial charge < -0.3 is 42.6 Å². The molecule has 1 aromatic carbocycles. The van der Waals surface area contributed by atoms with E-state index >= 15 is 0 Å². The number of aromatic amines is 1. The highest BCUT2D eigenvalue weighted by Gasteiger charge is 2.32. The summed E-state index contributed by atoms with van der Waals surface area (Å²) in [7, 11) is 0. The van der Waals surface area contributed by atoms with Gasteiger partial charge in [0, 0.05) is 29.9 Å². The van der Waals surface area contributed by atoms with Crippen LogP contribution in [0, 0.1) is 5.92 Å². The van der Waals surface area contributed by atoms with Crippen molar-refractivity contribution in [1.29, 1.82) is 0 Å². The van der Waals surface area contributed by atoms with Crippen LogP contribution in [0.2, 0.25) is 0 Å². The number of nitrogens with two attached hydrogens (primary N) is 2. The number of aliphatic carboxylic acids is 2. The van der Waals surface area contributed by atoms with Crippen molar-refractivity contribution in [1.82, 2.24) is 20.9 Å². The minimum absolute atomic E-state index is 0.0201. The highest BCUT2D eigenvalue weighted by atomic mass is 16.4. The average Bonchev–Trinajstić information content (AvgIpc) is 3.27. The number of aromatic nitrogens is 1. The summed E-state index contributed by atoms with van der Waals surface area (Å²) in [5, 5.41) is 26.6. The second-order valence-electron chi connectivity index (χ2n) is 9.92. The first-order chi connectivity index (χ1) is 18.8. The van der Waals surface area contributed by atoms with Gasteiger partial charge in [0.15, 0.2) is 0 Å². The second kappa shape index (κ2) is 14.6. The molecule has 0 bridgehead atoms. The summed E-state index contributed by atoms with van der Waals surface area (Å²) in [5.41, 5.74) is 12.5. The van der Waals surface area contributed by atoms with Crippen molar-refractivity contribution >= 4 is 46.5 Å². The van der Waals surface area contributed by atoms with Gasteiger partial charge in [0.05, 0.1) is 12.5 Å². The van der Waals surface area contributed by atoms with Crippen molar-refractivity contribution in [3.8, 4) is 0 Å². The minimum atomic E-state index is -1.69. The molecule has 0 fully saturated rings. The van der Waals surface area contributed by atoms with Crippen molar-refractivity contribution in [2.45, 2.75) is 70.1 Å². The number of fused-ring (bicyclic) bond motifs is 1. The summed E-state index contributed by atoms with van der Waals surface area (Å²) < 4.78 is 0. The predicted molar refractivity (Wildman–Crippen MR) is 144 cm³/mol. The van der Waals surface area contributed by atoms with E-state index < -0.39 is 66.2 Å². The van der Waals surface area contributed by atoms with Crippen LogP contribution in [0.3, 0.4) is 0 Å². The first-order valence-electron chi connectivity index (χ1n) is 12.7. The van der Waals surface area contributed by atoms with Crippen molar-refractivity contribution in [2.75, 3.05) is 0 Å². The van der Waals surface area contributed by atoms with E-state index in [2.05, 4.69) is 20.9 Å². The van der Waals surface area contributed by atoms with Crippen LogP contribution in [0.1, 0.15) is 45.1 Å². The lowest BCUT2D eigenvalue weighted by Crippen LogP contribution is -2.58. The number of H-pyrrole nitrogens is 1. The third kappa shape index (κ3) is 9.69. The largest absolute Gasteiger partial charge is 0.481 e. The number of hydrogen-bond acceptors (Lipinski definition) is 7. The molecule has 14 heteroatoms. The highest BCUT2D eigenvalue weighted by Crippen LogP contribution is 2.19. The number of carbonyl (C=O) groups is 6. The SMILES string of the molecule is CC(C)CC(N)C(=O)NC(Cc1c[nH]c2ccccc12)C(=O)NC(CC(=O)O)C(=O)NC(CCC(N)=O)C(=O)O. The Morgan fingerprint density at radius 1 is 0.900 bits per heavy atom. The van der Waals surface area contributed by atoms with E-state index in [0.29, 0.717) is 12.0 Å². The van der Waals surface area contributed by atoms with Crippen LogP contribution >= 0.6 is 0 Å². The summed E-state index contributed by atoms with van der Waals surface area (Å²) in [6, 6.07) is 1.86. The van der Waals surface area contributed by atoms with Gasteiger partial charge in [-0.3, -0.25) is 24.0 Å². The molecule has 1 aromatic heterocycles. The third-order valence-electron chi connectivity index (χ3n) is 6.10. The molecule has 14 nitrogen and oxygen atoms in total. The average molecular weight is 561 g/mol. The number of carboxylic acids is 2. The Morgan fingerprint density at radius 3 is 2.10 bits per heavy atom. The van der Waals surface area contributed by atoms with Crippen molar-refractivity contribution in [3.05, 3.63) is 36.0 Å². The molecule has 0 aliphatic rings. The van der Waals surface area contributed by atoms with E-state index in [1.54, 1.807) is 12.3 Å². The Bertz CT molecular complexity index is 1240. The number of rotatable bonds is 16. The van der Waals surface area contributed by atoms with Gasteiger partial charge >= 0.3 is 11.9 Å². The molecule has 2 aromatic rings. The molecule has 0 radical (unpaired) electrons. The number of hydrogen-bond donors (Lipinski definition) is 8. The van der Waals surface area contributed by atoms with Crippen LogP contribution < -0.4 is 27.4 Å². The lowest BCUT2D eigenvalue weighted by atomic mass is 10.0. The minimum Gasteiger partial charge on any atom is -0.481 e. The van der Waals surface area contributed by atoms with E-state index in [4.69, 9.17) is 11.5 Å². The van der Waals surface area contributed by atoms with Crippen LogP contribution in [0.4, 0.5) is 0 Å². The normalized spacial score (nSPS) is 14.1. The van der Waals surface area contributed by atoms with Gasteiger partial charge in [-0.05, 0) is 30.4 Å². The van der Waals surface area contributed by atoms with Crippen LogP contribution in [-0.4, -0.2) is 74.9 Å². The maximum Gasteiger partial charge on any atom is 0.326 e. The van der Waals surface area contributed by atoms with Crippen LogP contribution in [-0.2, 0) is 35.2 Å². The quantitative estimate of drug-likeness (QED) is 0.130. The summed E-state index contributed by atoms with van der Waals surface area (Å²) in [6.07, 6.45) is 0.440. The molecule has 4 amide bonds. The first kappa shape index (κ1) is 31.8. The van der Waals surface area contributed by atoms with Crippen molar-refractivity contribution in [3.63, 3.8) is 0 Å². The molecule has 40 heavy (non-hydrogen) atoms. The molecule has 0 saturated heterocycles. The number of primary amides is 1. The molecule has 4 atom stereocenters. The number of para-hydroxylation sites is 1. The molecule has 0 spiro atoms. The zero-order chi connectivity index (χ0) is 30.0. The molecule has 0 saturated carbocycles. The van der Waals surface area contributed by atoms with E-state index in [0.717, 1.165) is 10.9 Å². The molecule has 1 heterocycles.